The van der Waals surface area contributed by atoms with Crippen LogP contribution in [0.5, 0.6) is 17.2 Å². The molecule has 0 bridgehead atoms. The number of anilines is 1. The molecule has 0 amide bonds. The molecule has 0 radical (unpaired) electrons. The number of methoxy groups -OCH3 is 2. The van der Waals surface area contributed by atoms with Gasteiger partial charge in [-0.05, 0) is 49.7 Å². The van der Waals surface area contributed by atoms with E-state index in [9.17, 15) is 0 Å². The summed E-state index contributed by atoms with van der Waals surface area (Å²) >= 11 is 0. The van der Waals surface area contributed by atoms with Gasteiger partial charge in [0.1, 0.15) is 34.9 Å². The van der Waals surface area contributed by atoms with Gasteiger partial charge in [-0.15, -0.1) is 0 Å². The lowest BCUT2D eigenvalue weighted by atomic mass is 10.1. The Labute approximate surface area is 201 Å². The second-order valence-corrected chi connectivity index (χ2v) is 7.70. The first-order valence-electron chi connectivity index (χ1n) is 11.2. The highest BCUT2D eigenvalue weighted by molar-refractivity contribution is 5.77. The minimum atomic E-state index is -0.112. The molecule has 6 nitrogen and oxygen atoms in total. The van der Waals surface area contributed by atoms with Crippen molar-refractivity contribution in [1.29, 1.82) is 0 Å². The molecule has 6 heteroatoms. The zero-order valence-corrected chi connectivity index (χ0v) is 20.2. The molecule has 2 aromatic carbocycles. The minimum absolute atomic E-state index is 0.112. The molecule has 0 aliphatic rings. The maximum Gasteiger partial charge on any atom is 0.131 e. The maximum atomic E-state index is 6.13. The van der Waals surface area contributed by atoms with Crippen LogP contribution in [0.4, 0.5) is 5.82 Å². The number of hydrogen-bond donors (Lipinski definition) is 1. The Hall–Kier alpha value is -3.77. The monoisotopic (exact) mass is 460 g/mol. The highest BCUT2D eigenvalue weighted by atomic mass is 16.5. The van der Waals surface area contributed by atoms with Gasteiger partial charge in [-0.2, -0.15) is 0 Å². The van der Waals surface area contributed by atoms with Crippen LogP contribution in [0.1, 0.15) is 31.4 Å². The summed E-state index contributed by atoms with van der Waals surface area (Å²) in [4.78, 5) is 4.51. The summed E-state index contributed by atoms with van der Waals surface area (Å²) in [5.41, 5.74) is 2.65. The van der Waals surface area contributed by atoms with Gasteiger partial charge in [0, 0.05) is 36.2 Å². The number of aromatic nitrogens is 1. The van der Waals surface area contributed by atoms with E-state index in [2.05, 4.69) is 29.9 Å². The Bertz CT molecular complexity index is 1100. The third-order valence-electron chi connectivity index (χ3n) is 4.91. The van der Waals surface area contributed by atoms with Gasteiger partial charge in [0.15, 0.2) is 0 Å². The zero-order chi connectivity index (χ0) is 24.3. The van der Waals surface area contributed by atoms with E-state index < -0.39 is 0 Å². The first-order valence-corrected chi connectivity index (χ1v) is 11.2. The van der Waals surface area contributed by atoms with Crippen LogP contribution in [0.25, 0.3) is 11.5 Å². The van der Waals surface area contributed by atoms with E-state index in [1.807, 2.05) is 67.6 Å². The Morgan fingerprint density at radius 1 is 1.00 bits per heavy atom. The van der Waals surface area contributed by atoms with Crippen molar-refractivity contribution in [3.8, 4) is 17.2 Å². The second kappa shape index (κ2) is 12.5. The van der Waals surface area contributed by atoms with Gasteiger partial charge in [0.2, 0.25) is 0 Å². The fraction of sp³-hybridized carbons (Fsp3) is 0.250. The lowest BCUT2D eigenvalue weighted by molar-refractivity contribution is 0.0919. The molecule has 1 aromatic heterocycles. The van der Waals surface area contributed by atoms with Crippen LogP contribution in [0.3, 0.4) is 0 Å². The summed E-state index contributed by atoms with van der Waals surface area (Å²) < 4.78 is 22.7. The topological polar surface area (TPSA) is 61.8 Å². The molecular formula is C28H32N2O4. The van der Waals surface area contributed by atoms with Crippen LogP contribution < -0.4 is 14.8 Å². The van der Waals surface area contributed by atoms with Crippen LogP contribution in [-0.2, 0) is 9.47 Å². The van der Waals surface area contributed by atoms with Gasteiger partial charge < -0.3 is 24.3 Å². The fourth-order valence-electron chi connectivity index (χ4n) is 3.31. The summed E-state index contributed by atoms with van der Waals surface area (Å²) in [7, 11) is 3.25. The number of hydrogen-bond acceptors (Lipinski definition) is 6. The standard InChI is InChI=1S/C28H32N2O4/c1-6-10-27(30-28-14-13-22(18-29-28)21(3)32-5)23-15-25(33-20(2)19-31-4)17-26(16-23)34-24-11-8-7-9-12-24/h7-18,20H,3,6,19H2,1-2,4-5H3,(H,29,30)/b27-10+. The number of nitrogens with one attached hydrogen (secondary N) is 1. The molecule has 178 valence electrons. The molecule has 3 rings (SSSR count). The number of benzene rings is 2. The highest BCUT2D eigenvalue weighted by Gasteiger charge is 2.12. The molecule has 0 aliphatic carbocycles. The van der Waals surface area contributed by atoms with Crippen molar-refractivity contribution in [2.45, 2.75) is 26.4 Å². The Kier molecular flexibility index (Phi) is 9.12. The summed E-state index contributed by atoms with van der Waals surface area (Å²) in [6.45, 7) is 8.41. The normalized spacial score (nSPS) is 12.1. The number of pyridine rings is 1. The van der Waals surface area contributed by atoms with E-state index in [0.29, 0.717) is 29.7 Å². The largest absolute Gasteiger partial charge is 0.497 e. The highest BCUT2D eigenvalue weighted by Crippen LogP contribution is 2.32. The molecule has 3 aromatic rings. The number of nitrogens with zero attached hydrogens (tertiary/aromatic N) is 1. The van der Waals surface area contributed by atoms with Crippen molar-refractivity contribution >= 4 is 17.3 Å². The van der Waals surface area contributed by atoms with Gasteiger partial charge in [-0.25, -0.2) is 4.98 Å². The zero-order valence-electron chi connectivity index (χ0n) is 20.2. The third kappa shape index (κ3) is 7.12. The lowest BCUT2D eigenvalue weighted by Crippen LogP contribution is -2.18. The minimum Gasteiger partial charge on any atom is -0.497 e. The molecule has 0 saturated heterocycles. The second-order valence-electron chi connectivity index (χ2n) is 7.70. The smallest absolute Gasteiger partial charge is 0.131 e. The van der Waals surface area contributed by atoms with Crippen molar-refractivity contribution in [2.75, 3.05) is 26.1 Å². The summed E-state index contributed by atoms with van der Waals surface area (Å²) in [5, 5.41) is 3.42. The molecular weight excluding hydrogens is 428 g/mol. The van der Waals surface area contributed by atoms with E-state index >= 15 is 0 Å². The summed E-state index contributed by atoms with van der Waals surface area (Å²) in [6, 6.07) is 19.3. The predicted molar refractivity (Wildman–Crippen MR) is 137 cm³/mol. The first kappa shape index (κ1) is 24.9. The molecule has 0 aliphatic heterocycles. The average molecular weight is 461 g/mol. The van der Waals surface area contributed by atoms with Crippen LogP contribution in [0.2, 0.25) is 0 Å². The number of rotatable bonds is 12. The van der Waals surface area contributed by atoms with Crippen molar-refractivity contribution in [3.63, 3.8) is 0 Å². The Morgan fingerprint density at radius 3 is 2.41 bits per heavy atom. The van der Waals surface area contributed by atoms with E-state index in [1.165, 1.54) is 0 Å². The van der Waals surface area contributed by atoms with Crippen molar-refractivity contribution in [1.82, 2.24) is 4.98 Å². The molecule has 34 heavy (non-hydrogen) atoms. The molecule has 1 N–H and O–H groups in total. The Balaban J connectivity index is 1.92. The van der Waals surface area contributed by atoms with E-state index in [-0.39, 0.29) is 6.10 Å². The Morgan fingerprint density at radius 2 is 1.76 bits per heavy atom. The maximum absolute atomic E-state index is 6.13. The molecule has 1 heterocycles. The van der Waals surface area contributed by atoms with Gasteiger partial charge in [0.25, 0.3) is 0 Å². The summed E-state index contributed by atoms with van der Waals surface area (Å²) in [6.07, 6.45) is 4.56. The van der Waals surface area contributed by atoms with Gasteiger partial charge in [-0.1, -0.05) is 37.8 Å². The van der Waals surface area contributed by atoms with E-state index in [4.69, 9.17) is 18.9 Å². The number of para-hydroxylation sites is 1. The van der Waals surface area contributed by atoms with Crippen LogP contribution in [-0.4, -0.2) is 31.9 Å². The van der Waals surface area contributed by atoms with Crippen molar-refractivity contribution < 1.29 is 18.9 Å². The van der Waals surface area contributed by atoms with Gasteiger partial charge >= 0.3 is 0 Å². The van der Waals surface area contributed by atoms with Gasteiger partial charge in [-0.3, -0.25) is 0 Å². The van der Waals surface area contributed by atoms with Crippen molar-refractivity contribution in [2.24, 2.45) is 0 Å². The number of ether oxygens (including phenoxy) is 4. The van der Waals surface area contributed by atoms with Crippen LogP contribution >= 0.6 is 0 Å². The molecule has 1 unspecified atom stereocenters. The summed E-state index contributed by atoms with van der Waals surface area (Å²) in [5.74, 6) is 3.39. The molecule has 0 fully saturated rings. The average Bonchev–Trinajstić information content (AvgIpc) is 2.84. The van der Waals surface area contributed by atoms with Gasteiger partial charge in [0.05, 0.1) is 13.7 Å². The number of allylic oxidation sites excluding steroid dienone is 1. The van der Waals surface area contributed by atoms with E-state index in [1.54, 1.807) is 20.4 Å². The van der Waals surface area contributed by atoms with Crippen LogP contribution in [0, 0.1) is 0 Å². The van der Waals surface area contributed by atoms with Crippen LogP contribution in [0.15, 0.2) is 79.5 Å². The molecule has 0 saturated carbocycles. The first-order chi connectivity index (χ1) is 16.5. The molecule has 1 atom stereocenters. The quantitative estimate of drug-likeness (QED) is 0.301. The van der Waals surface area contributed by atoms with E-state index in [0.717, 1.165) is 29.0 Å². The van der Waals surface area contributed by atoms with Crippen molar-refractivity contribution in [3.05, 3.63) is 90.6 Å². The predicted octanol–water partition coefficient (Wildman–Crippen LogP) is 6.77. The third-order valence-corrected chi connectivity index (χ3v) is 4.91. The fourth-order valence-corrected chi connectivity index (χ4v) is 3.31. The SMILES string of the molecule is C=C(OC)c1ccc(N/C(=C/CC)c2cc(Oc3ccccc3)cc(OC(C)COC)c2)nc1. The lowest BCUT2D eigenvalue weighted by Gasteiger charge is -2.18. The molecule has 0 spiro atoms.